The van der Waals surface area contributed by atoms with Gasteiger partial charge in [-0.25, -0.2) is 18.2 Å². The van der Waals surface area contributed by atoms with Gasteiger partial charge in [-0.1, -0.05) is 15.9 Å². The number of aromatic nitrogens is 2. The number of hydrogen-bond donors (Lipinski definition) is 1. The molecule has 0 saturated carbocycles. The molecule has 3 aromatic rings. The zero-order valence-corrected chi connectivity index (χ0v) is 10.9. The van der Waals surface area contributed by atoms with E-state index in [0.717, 1.165) is 22.1 Å². The van der Waals surface area contributed by atoms with Crippen molar-refractivity contribution in [3.8, 4) is 11.4 Å². The molecule has 1 aromatic heterocycles. The van der Waals surface area contributed by atoms with E-state index in [0.29, 0.717) is 5.52 Å². The maximum atomic E-state index is 13.2. The Balaban J connectivity index is 2.19. The first kappa shape index (κ1) is 12.2. The molecule has 0 fully saturated rings. The van der Waals surface area contributed by atoms with Crippen LogP contribution in [0.2, 0.25) is 0 Å². The van der Waals surface area contributed by atoms with Crippen LogP contribution >= 0.6 is 15.9 Å². The van der Waals surface area contributed by atoms with Crippen LogP contribution in [0.25, 0.3) is 22.4 Å². The molecule has 19 heavy (non-hydrogen) atoms. The highest BCUT2D eigenvalue weighted by atomic mass is 79.9. The van der Waals surface area contributed by atoms with Crippen molar-refractivity contribution in [2.24, 2.45) is 0 Å². The van der Waals surface area contributed by atoms with Crippen molar-refractivity contribution in [2.75, 3.05) is 0 Å². The average Bonchev–Trinajstić information content (AvgIpc) is 2.78. The number of nitrogens with one attached hydrogen (secondary N) is 1. The van der Waals surface area contributed by atoms with Crippen LogP contribution in [0.15, 0.2) is 34.8 Å². The Bertz CT molecular complexity index is 760. The lowest BCUT2D eigenvalue weighted by molar-refractivity contribution is 0.447. The van der Waals surface area contributed by atoms with Crippen LogP contribution < -0.4 is 0 Å². The first-order valence-corrected chi connectivity index (χ1v) is 6.14. The minimum absolute atomic E-state index is 0.156. The van der Waals surface area contributed by atoms with Gasteiger partial charge in [0.05, 0.1) is 11.0 Å². The number of H-pyrrole nitrogens is 1. The molecule has 0 unspecified atom stereocenters. The number of aromatic amines is 1. The number of benzene rings is 2. The molecule has 0 spiro atoms. The number of nitrogens with zero attached hydrogens (tertiary/aromatic N) is 1. The summed E-state index contributed by atoms with van der Waals surface area (Å²) in [7, 11) is 0. The molecule has 0 saturated heterocycles. The average molecular weight is 327 g/mol. The Morgan fingerprint density at radius 1 is 1.00 bits per heavy atom. The van der Waals surface area contributed by atoms with Gasteiger partial charge in [-0.15, -0.1) is 0 Å². The maximum absolute atomic E-state index is 13.2. The third-order valence-corrected chi connectivity index (χ3v) is 3.19. The van der Waals surface area contributed by atoms with E-state index in [1.165, 1.54) is 0 Å². The van der Waals surface area contributed by atoms with Crippen LogP contribution in [0.5, 0.6) is 0 Å². The number of rotatable bonds is 1. The van der Waals surface area contributed by atoms with Gasteiger partial charge in [0.1, 0.15) is 5.82 Å². The van der Waals surface area contributed by atoms with Crippen molar-refractivity contribution in [2.45, 2.75) is 0 Å². The molecular weight excluding hydrogens is 321 g/mol. The highest BCUT2D eigenvalue weighted by molar-refractivity contribution is 9.10. The van der Waals surface area contributed by atoms with Crippen LogP contribution in [0.4, 0.5) is 13.2 Å². The number of fused-ring (bicyclic) bond motifs is 1. The summed E-state index contributed by atoms with van der Waals surface area (Å²) >= 11 is 3.31. The smallest absolute Gasteiger partial charge is 0.194 e. The second-order valence-electron chi connectivity index (χ2n) is 4.00. The lowest BCUT2D eigenvalue weighted by Crippen LogP contribution is -1.92. The van der Waals surface area contributed by atoms with E-state index in [2.05, 4.69) is 25.9 Å². The van der Waals surface area contributed by atoms with E-state index in [4.69, 9.17) is 0 Å². The topological polar surface area (TPSA) is 28.7 Å². The van der Waals surface area contributed by atoms with Gasteiger partial charge in [0.25, 0.3) is 0 Å². The Morgan fingerprint density at radius 2 is 1.68 bits per heavy atom. The van der Waals surface area contributed by atoms with Crippen molar-refractivity contribution in [3.63, 3.8) is 0 Å². The molecular formula is C13H6BrF3N2. The number of hydrogen-bond acceptors (Lipinski definition) is 1. The van der Waals surface area contributed by atoms with E-state index in [1.54, 1.807) is 18.2 Å². The van der Waals surface area contributed by atoms with E-state index >= 15 is 0 Å². The molecule has 0 bridgehead atoms. The molecule has 1 heterocycles. The summed E-state index contributed by atoms with van der Waals surface area (Å²) in [6, 6.07) is 7.17. The van der Waals surface area contributed by atoms with Crippen molar-refractivity contribution in [1.82, 2.24) is 9.97 Å². The Kier molecular flexibility index (Phi) is 2.82. The molecule has 96 valence electrons. The van der Waals surface area contributed by atoms with Gasteiger partial charge < -0.3 is 4.98 Å². The van der Waals surface area contributed by atoms with Crippen LogP contribution in [0, 0.1) is 17.5 Å². The van der Waals surface area contributed by atoms with Crippen LogP contribution in [0.1, 0.15) is 0 Å². The molecule has 1 N–H and O–H groups in total. The standard InChI is InChI=1S/C13H6BrF3N2/c14-7-1-2-10-11(5-7)19-13(18-10)6-3-8(15)12(17)9(16)4-6/h1-5H,(H,18,19). The third-order valence-electron chi connectivity index (χ3n) is 2.70. The molecule has 0 aliphatic rings. The number of imidazole rings is 1. The first-order valence-electron chi connectivity index (χ1n) is 5.35. The fourth-order valence-corrected chi connectivity index (χ4v) is 2.17. The maximum Gasteiger partial charge on any atom is 0.194 e. The summed E-state index contributed by atoms with van der Waals surface area (Å²) in [4.78, 5) is 7.13. The van der Waals surface area contributed by atoms with Crippen LogP contribution in [-0.4, -0.2) is 9.97 Å². The summed E-state index contributed by atoms with van der Waals surface area (Å²) in [6.45, 7) is 0. The third kappa shape index (κ3) is 2.12. The second kappa shape index (κ2) is 4.38. The fourth-order valence-electron chi connectivity index (χ4n) is 1.81. The van der Waals surface area contributed by atoms with E-state index in [-0.39, 0.29) is 11.4 Å². The molecule has 0 amide bonds. The minimum Gasteiger partial charge on any atom is -0.338 e. The molecule has 2 aromatic carbocycles. The quantitative estimate of drug-likeness (QED) is 0.659. The Morgan fingerprint density at radius 3 is 2.37 bits per heavy atom. The Labute approximate surface area is 114 Å². The van der Waals surface area contributed by atoms with Crippen molar-refractivity contribution in [1.29, 1.82) is 0 Å². The van der Waals surface area contributed by atoms with Gasteiger partial charge in [0.15, 0.2) is 17.5 Å². The van der Waals surface area contributed by atoms with E-state index in [9.17, 15) is 13.2 Å². The van der Waals surface area contributed by atoms with Crippen LogP contribution in [-0.2, 0) is 0 Å². The molecule has 0 atom stereocenters. The van der Waals surface area contributed by atoms with Crippen LogP contribution in [0.3, 0.4) is 0 Å². The van der Waals surface area contributed by atoms with E-state index < -0.39 is 17.5 Å². The van der Waals surface area contributed by atoms with Gasteiger partial charge >= 0.3 is 0 Å². The number of halogens is 4. The van der Waals surface area contributed by atoms with Gasteiger partial charge in [-0.2, -0.15) is 0 Å². The lowest BCUT2D eigenvalue weighted by atomic mass is 10.2. The molecule has 6 heteroatoms. The van der Waals surface area contributed by atoms with Crippen molar-refractivity contribution < 1.29 is 13.2 Å². The highest BCUT2D eigenvalue weighted by Crippen LogP contribution is 2.25. The molecule has 3 rings (SSSR count). The molecule has 0 aliphatic heterocycles. The molecule has 2 nitrogen and oxygen atoms in total. The minimum atomic E-state index is -1.48. The summed E-state index contributed by atoms with van der Waals surface area (Å²) in [5, 5.41) is 0. The van der Waals surface area contributed by atoms with E-state index in [1.807, 2.05) is 0 Å². The summed E-state index contributed by atoms with van der Waals surface area (Å²) < 4.78 is 40.1. The largest absolute Gasteiger partial charge is 0.338 e. The lowest BCUT2D eigenvalue weighted by Gasteiger charge is -1.99. The summed E-state index contributed by atoms with van der Waals surface area (Å²) in [5.41, 5.74) is 1.53. The predicted octanol–water partition coefficient (Wildman–Crippen LogP) is 4.41. The zero-order valence-electron chi connectivity index (χ0n) is 9.35. The summed E-state index contributed by atoms with van der Waals surface area (Å²) in [6.07, 6.45) is 0. The van der Waals surface area contributed by atoms with Crippen molar-refractivity contribution >= 4 is 27.0 Å². The fraction of sp³-hybridized carbons (Fsp3) is 0. The van der Waals surface area contributed by atoms with Gasteiger partial charge in [-0.05, 0) is 30.3 Å². The second-order valence-corrected chi connectivity index (χ2v) is 4.92. The zero-order chi connectivity index (χ0) is 13.6. The highest BCUT2D eigenvalue weighted by Gasteiger charge is 2.13. The molecule has 0 radical (unpaired) electrons. The SMILES string of the molecule is Fc1cc(-c2nc3ccc(Br)cc3[nH]2)cc(F)c1F. The monoisotopic (exact) mass is 326 g/mol. The normalized spacial score (nSPS) is 11.2. The first-order chi connectivity index (χ1) is 9.04. The van der Waals surface area contributed by atoms with Gasteiger partial charge in [0.2, 0.25) is 0 Å². The van der Waals surface area contributed by atoms with Gasteiger partial charge in [0, 0.05) is 10.0 Å². The van der Waals surface area contributed by atoms with Crippen molar-refractivity contribution in [3.05, 3.63) is 52.3 Å². The molecule has 0 aliphatic carbocycles. The summed E-state index contributed by atoms with van der Waals surface area (Å²) in [5.74, 6) is -3.68. The van der Waals surface area contributed by atoms with Gasteiger partial charge in [-0.3, -0.25) is 0 Å². The Hall–Kier alpha value is -1.82. The predicted molar refractivity (Wildman–Crippen MR) is 69.1 cm³/mol.